The number of hydrogen-bond acceptors (Lipinski definition) is 4. The maximum absolute atomic E-state index is 12.2. The second-order valence-electron chi connectivity index (χ2n) is 5.59. The molecular weight excluding hydrogens is 256 g/mol. The van der Waals surface area contributed by atoms with Crippen LogP contribution in [0.1, 0.15) is 29.3 Å². The third-order valence-electron chi connectivity index (χ3n) is 3.79. The van der Waals surface area contributed by atoms with Gasteiger partial charge in [-0.1, -0.05) is 12.1 Å². The SMILES string of the molecule is COc1cccc2cc3c(c(O)c12)C(=O)C[C@@](C)(O)C3. The highest BCUT2D eigenvalue weighted by Gasteiger charge is 2.35. The molecule has 0 spiro atoms. The first-order valence-electron chi connectivity index (χ1n) is 6.50. The molecule has 0 saturated carbocycles. The normalized spacial score (nSPS) is 21.9. The highest BCUT2D eigenvalue weighted by atomic mass is 16.5. The van der Waals surface area contributed by atoms with Crippen LogP contribution in [0.5, 0.6) is 11.5 Å². The van der Waals surface area contributed by atoms with Gasteiger partial charge in [-0.05, 0) is 30.0 Å². The van der Waals surface area contributed by atoms with Crippen LogP contribution in [-0.2, 0) is 6.42 Å². The van der Waals surface area contributed by atoms with E-state index in [1.54, 1.807) is 13.0 Å². The number of rotatable bonds is 1. The van der Waals surface area contributed by atoms with E-state index in [4.69, 9.17) is 4.74 Å². The van der Waals surface area contributed by atoms with Crippen LogP contribution < -0.4 is 4.74 Å². The molecule has 3 rings (SSSR count). The standard InChI is InChI=1S/C16H16O4/c1-16(19)7-10-6-9-4-3-5-12(20-2)14(9)15(18)13(10)11(17)8-16/h3-6,18-19H,7-8H2,1-2H3/t16-/m0/s1. The second-order valence-corrected chi connectivity index (χ2v) is 5.59. The molecule has 20 heavy (non-hydrogen) atoms. The van der Waals surface area contributed by atoms with E-state index in [1.165, 1.54) is 7.11 Å². The molecule has 0 amide bonds. The number of methoxy groups -OCH3 is 1. The third kappa shape index (κ3) is 1.84. The maximum Gasteiger partial charge on any atom is 0.169 e. The summed E-state index contributed by atoms with van der Waals surface area (Å²) in [6.45, 7) is 1.64. The van der Waals surface area contributed by atoms with Crippen LogP contribution in [0.4, 0.5) is 0 Å². The largest absolute Gasteiger partial charge is 0.506 e. The van der Waals surface area contributed by atoms with Crippen LogP contribution in [0, 0.1) is 0 Å². The Morgan fingerprint density at radius 3 is 2.75 bits per heavy atom. The van der Waals surface area contributed by atoms with E-state index in [0.29, 0.717) is 28.7 Å². The number of carbonyl (C=O) groups excluding carboxylic acids is 1. The van der Waals surface area contributed by atoms with Gasteiger partial charge in [0.25, 0.3) is 0 Å². The minimum Gasteiger partial charge on any atom is -0.506 e. The van der Waals surface area contributed by atoms with E-state index >= 15 is 0 Å². The number of benzene rings is 2. The fourth-order valence-corrected chi connectivity index (χ4v) is 2.99. The number of Topliss-reactive ketones (excluding diaryl/α,β-unsaturated/α-hetero) is 1. The molecule has 4 heteroatoms. The highest BCUT2D eigenvalue weighted by molar-refractivity contribution is 6.08. The lowest BCUT2D eigenvalue weighted by Gasteiger charge is -2.29. The molecule has 0 radical (unpaired) electrons. The zero-order valence-electron chi connectivity index (χ0n) is 11.4. The number of aliphatic hydroxyl groups is 1. The molecule has 0 aromatic heterocycles. The van der Waals surface area contributed by atoms with Gasteiger partial charge in [0.1, 0.15) is 11.5 Å². The molecule has 1 aliphatic rings. The lowest BCUT2D eigenvalue weighted by molar-refractivity contribution is 0.0409. The summed E-state index contributed by atoms with van der Waals surface area (Å²) in [5, 5.41) is 21.9. The highest BCUT2D eigenvalue weighted by Crippen LogP contribution is 2.42. The Kier molecular flexibility index (Phi) is 2.73. The second kappa shape index (κ2) is 4.21. The molecule has 2 aromatic carbocycles. The molecule has 0 heterocycles. The van der Waals surface area contributed by atoms with Gasteiger partial charge < -0.3 is 14.9 Å². The molecule has 1 aliphatic carbocycles. The van der Waals surface area contributed by atoms with E-state index in [-0.39, 0.29) is 18.0 Å². The summed E-state index contributed by atoms with van der Waals surface area (Å²) in [5.41, 5.74) is -0.0543. The van der Waals surface area contributed by atoms with Crippen molar-refractivity contribution in [1.82, 2.24) is 0 Å². The van der Waals surface area contributed by atoms with E-state index in [9.17, 15) is 15.0 Å². The Hall–Kier alpha value is -2.07. The Bertz CT molecular complexity index is 716. The monoisotopic (exact) mass is 272 g/mol. The molecule has 0 saturated heterocycles. The van der Waals surface area contributed by atoms with Crippen LogP contribution in [0.3, 0.4) is 0 Å². The first kappa shape index (κ1) is 12.9. The van der Waals surface area contributed by atoms with Crippen LogP contribution in [0.2, 0.25) is 0 Å². The van der Waals surface area contributed by atoms with Gasteiger partial charge in [0.05, 0.1) is 23.7 Å². The van der Waals surface area contributed by atoms with Crippen molar-refractivity contribution in [3.63, 3.8) is 0 Å². The van der Waals surface area contributed by atoms with Crippen LogP contribution in [-0.4, -0.2) is 28.7 Å². The summed E-state index contributed by atoms with van der Waals surface area (Å²) < 4.78 is 5.25. The van der Waals surface area contributed by atoms with Gasteiger partial charge in [-0.3, -0.25) is 4.79 Å². The number of hydrogen-bond donors (Lipinski definition) is 2. The summed E-state index contributed by atoms with van der Waals surface area (Å²) in [7, 11) is 1.53. The van der Waals surface area contributed by atoms with Crippen molar-refractivity contribution in [2.24, 2.45) is 0 Å². The summed E-state index contributed by atoms with van der Waals surface area (Å²) >= 11 is 0. The molecule has 104 valence electrons. The topological polar surface area (TPSA) is 66.8 Å². The Labute approximate surface area is 116 Å². The molecule has 0 fully saturated rings. The summed E-state index contributed by atoms with van der Waals surface area (Å²) in [4.78, 5) is 12.2. The molecule has 2 aromatic rings. The van der Waals surface area contributed by atoms with Gasteiger partial charge in [-0.25, -0.2) is 0 Å². The zero-order valence-corrected chi connectivity index (χ0v) is 11.4. The smallest absolute Gasteiger partial charge is 0.169 e. The van der Waals surface area contributed by atoms with Crippen molar-refractivity contribution in [3.8, 4) is 11.5 Å². The fourth-order valence-electron chi connectivity index (χ4n) is 2.99. The van der Waals surface area contributed by atoms with Crippen molar-refractivity contribution in [3.05, 3.63) is 35.4 Å². The van der Waals surface area contributed by atoms with Crippen molar-refractivity contribution in [2.45, 2.75) is 25.4 Å². The van der Waals surface area contributed by atoms with Gasteiger partial charge in [0.15, 0.2) is 5.78 Å². The van der Waals surface area contributed by atoms with Crippen LogP contribution >= 0.6 is 0 Å². The maximum atomic E-state index is 12.2. The summed E-state index contributed by atoms with van der Waals surface area (Å²) in [6, 6.07) is 7.28. The lowest BCUT2D eigenvalue weighted by Crippen LogP contribution is -2.35. The molecule has 2 N–H and O–H groups in total. The molecule has 0 aliphatic heterocycles. The van der Waals surface area contributed by atoms with Crippen molar-refractivity contribution < 1.29 is 19.7 Å². The van der Waals surface area contributed by atoms with E-state index in [0.717, 1.165) is 5.39 Å². The number of phenolic OH excluding ortho intramolecular Hbond substituents is 1. The number of carbonyl (C=O) groups is 1. The van der Waals surface area contributed by atoms with Gasteiger partial charge in [-0.15, -0.1) is 0 Å². The van der Waals surface area contributed by atoms with Gasteiger partial charge in [-0.2, -0.15) is 0 Å². The Morgan fingerprint density at radius 2 is 2.05 bits per heavy atom. The summed E-state index contributed by atoms with van der Waals surface area (Å²) in [5.74, 6) is 0.255. The molecule has 0 bridgehead atoms. The lowest BCUT2D eigenvalue weighted by atomic mass is 9.79. The van der Waals surface area contributed by atoms with Crippen molar-refractivity contribution >= 4 is 16.6 Å². The molecule has 1 atom stereocenters. The predicted molar refractivity (Wildman–Crippen MR) is 75.4 cm³/mol. The van der Waals surface area contributed by atoms with E-state index < -0.39 is 5.60 Å². The minimum absolute atomic E-state index is 0.0220. The Balaban J connectivity index is 2.35. The molecule has 4 nitrogen and oxygen atoms in total. The quantitative estimate of drug-likeness (QED) is 0.836. The minimum atomic E-state index is -1.05. The predicted octanol–water partition coefficient (Wildman–Crippen LogP) is 2.43. The van der Waals surface area contributed by atoms with Gasteiger partial charge in [0.2, 0.25) is 0 Å². The van der Waals surface area contributed by atoms with Crippen molar-refractivity contribution in [2.75, 3.05) is 7.11 Å². The van der Waals surface area contributed by atoms with Crippen LogP contribution in [0.15, 0.2) is 24.3 Å². The number of ketones is 1. The number of aromatic hydroxyl groups is 1. The van der Waals surface area contributed by atoms with Crippen LogP contribution in [0.25, 0.3) is 10.8 Å². The average Bonchev–Trinajstić information content (AvgIpc) is 2.35. The Morgan fingerprint density at radius 1 is 1.30 bits per heavy atom. The van der Waals surface area contributed by atoms with E-state index in [1.807, 2.05) is 18.2 Å². The first-order chi connectivity index (χ1) is 9.43. The van der Waals surface area contributed by atoms with Gasteiger partial charge in [0, 0.05) is 12.8 Å². The van der Waals surface area contributed by atoms with Crippen molar-refractivity contribution in [1.29, 1.82) is 0 Å². The zero-order chi connectivity index (χ0) is 14.5. The first-order valence-corrected chi connectivity index (χ1v) is 6.50. The average molecular weight is 272 g/mol. The van der Waals surface area contributed by atoms with Gasteiger partial charge >= 0.3 is 0 Å². The summed E-state index contributed by atoms with van der Waals surface area (Å²) in [6.07, 6.45) is 0.378. The number of fused-ring (bicyclic) bond motifs is 2. The number of phenols is 1. The third-order valence-corrected chi connectivity index (χ3v) is 3.79. The van der Waals surface area contributed by atoms with E-state index in [2.05, 4.69) is 0 Å². The number of ether oxygens (including phenoxy) is 1. The molecular formula is C16H16O4. The fraction of sp³-hybridized carbons (Fsp3) is 0.312. The molecule has 0 unspecified atom stereocenters.